The summed E-state index contributed by atoms with van der Waals surface area (Å²) in [5, 5.41) is 8.70. The summed E-state index contributed by atoms with van der Waals surface area (Å²) in [7, 11) is -2.25. The van der Waals surface area contributed by atoms with Crippen LogP contribution >= 0.6 is 0 Å². The van der Waals surface area contributed by atoms with E-state index in [1.165, 1.54) is 10.4 Å². The molecule has 6 nitrogen and oxygen atoms in total. The number of hydrogen-bond donors (Lipinski definition) is 1. The van der Waals surface area contributed by atoms with Crippen LogP contribution in [0.15, 0.2) is 77.7 Å². The number of aliphatic carboxylic acids is 1. The van der Waals surface area contributed by atoms with Crippen LogP contribution in [0.1, 0.15) is 18.4 Å². The van der Waals surface area contributed by atoms with Gasteiger partial charge in [-0.05, 0) is 48.7 Å². The van der Waals surface area contributed by atoms with E-state index in [0.717, 1.165) is 11.1 Å². The number of aryl methyl sites for hydroxylation is 1. The molecule has 0 heterocycles. The maximum absolute atomic E-state index is 13.3. The smallest absolute Gasteiger partial charge is 0.303 e. The Hall–Kier alpha value is -3.32. The van der Waals surface area contributed by atoms with Gasteiger partial charge in [-0.1, -0.05) is 48.5 Å². The third kappa shape index (κ3) is 5.24. The third-order valence-corrected chi connectivity index (χ3v) is 6.69. The average Bonchev–Trinajstić information content (AvgIpc) is 2.77. The molecule has 7 heteroatoms. The SMILES string of the molecule is Cc1cc(S(=O)(=O)N(C)c2ccccc2-c2ccccc2)ccc1OCCCC(=O)O. The number of carbonyl (C=O) groups is 1. The predicted molar refractivity (Wildman–Crippen MR) is 121 cm³/mol. The van der Waals surface area contributed by atoms with E-state index in [2.05, 4.69) is 0 Å². The van der Waals surface area contributed by atoms with E-state index >= 15 is 0 Å². The van der Waals surface area contributed by atoms with Gasteiger partial charge in [0.05, 0.1) is 17.2 Å². The number of sulfonamides is 1. The summed E-state index contributed by atoms with van der Waals surface area (Å²) in [6, 6.07) is 21.7. The first kappa shape index (κ1) is 22.4. The van der Waals surface area contributed by atoms with E-state index in [1.807, 2.05) is 48.5 Å². The van der Waals surface area contributed by atoms with Crippen molar-refractivity contribution < 1.29 is 23.1 Å². The van der Waals surface area contributed by atoms with E-state index in [1.54, 1.807) is 32.2 Å². The van der Waals surface area contributed by atoms with Gasteiger partial charge in [0.15, 0.2) is 0 Å². The van der Waals surface area contributed by atoms with Crippen LogP contribution in [-0.4, -0.2) is 33.1 Å². The number of ether oxygens (including phenoxy) is 1. The molecule has 162 valence electrons. The van der Waals surface area contributed by atoms with Gasteiger partial charge >= 0.3 is 5.97 Å². The largest absolute Gasteiger partial charge is 0.493 e. The minimum absolute atomic E-state index is 0.0249. The Balaban J connectivity index is 1.86. The summed E-state index contributed by atoms with van der Waals surface area (Å²) in [6.45, 7) is 2.02. The maximum Gasteiger partial charge on any atom is 0.303 e. The Labute approximate surface area is 182 Å². The quantitative estimate of drug-likeness (QED) is 0.487. The molecule has 3 aromatic rings. The fourth-order valence-corrected chi connectivity index (χ4v) is 4.55. The van der Waals surface area contributed by atoms with Crippen LogP contribution in [0.5, 0.6) is 5.75 Å². The van der Waals surface area contributed by atoms with Crippen molar-refractivity contribution in [2.45, 2.75) is 24.7 Å². The monoisotopic (exact) mass is 439 g/mol. The molecule has 0 amide bonds. The van der Waals surface area contributed by atoms with Gasteiger partial charge in [-0.3, -0.25) is 9.10 Å². The van der Waals surface area contributed by atoms with E-state index in [0.29, 0.717) is 23.4 Å². The van der Waals surface area contributed by atoms with Gasteiger partial charge in [-0.15, -0.1) is 0 Å². The minimum Gasteiger partial charge on any atom is -0.493 e. The van der Waals surface area contributed by atoms with Gasteiger partial charge in [0.1, 0.15) is 5.75 Å². The number of benzene rings is 3. The summed E-state index contributed by atoms with van der Waals surface area (Å²) in [6.07, 6.45) is 0.408. The standard InChI is InChI=1S/C24H25NO5S/c1-18-17-20(14-15-23(18)30-16-8-13-24(26)27)31(28,29)25(2)22-12-7-6-11-21(22)19-9-4-3-5-10-19/h3-7,9-12,14-15,17H,8,13,16H2,1-2H3,(H,26,27). The highest BCUT2D eigenvalue weighted by Gasteiger charge is 2.24. The molecule has 0 bridgehead atoms. The minimum atomic E-state index is -3.80. The number of para-hydroxylation sites is 1. The lowest BCUT2D eigenvalue weighted by Gasteiger charge is -2.23. The van der Waals surface area contributed by atoms with Crippen molar-refractivity contribution in [3.63, 3.8) is 0 Å². The van der Waals surface area contributed by atoms with E-state index in [9.17, 15) is 13.2 Å². The Morgan fingerprint density at radius 1 is 1.00 bits per heavy atom. The molecule has 0 unspecified atom stereocenters. The first-order chi connectivity index (χ1) is 14.8. The molecule has 0 fully saturated rings. The topological polar surface area (TPSA) is 83.9 Å². The van der Waals surface area contributed by atoms with Crippen molar-refractivity contribution in [1.82, 2.24) is 0 Å². The maximum atomic E-state index is 13.3. The summed E-state index contributed by atoms with van der Waals surface area (Å²) in [5.74, 6) is -0.336. The van der Waals surface area contributed by atoms with Gasteiger partial charge in [0.25, 0.3) is 10.0 Å². The normalized spacial score (nSPS) is 11.2. The van der Waals surface area contributed by atoms with Crippen molar-refractivity contribution in [2.75, 3.05) is 18.0 Å². The fraction of sp³-hybridized carbons (Fsp3) is 0.208. The van der Waals surface area contributed by atoms with Crippen molar-refractivity contribution in [3.05, 3.63) is 78.4 Å². The molecule has 0 atom stereocenters. The van der Waals surface area contributed by atoms with Crippen LogP contribution in [0.25, 0.3) is 11.1 Å². The van der Waals surface area contributed by atoms with Crippen LogP contribution < -0.4 is 9.04 Å². The molecule has 0 saturated heterocycles. The molecule has 0 aliphatic heterocycles. The second-order valence-electron chi connectivity index (χ2n) is 7.13. The molecule has 31 heavy (non-hydrogen) atoms. The number of nitrogens with zero attached hydrogens (tertiary/aromatic N) is 1. The van der Waals surface area contributed by atoms with Crippen LogP contribution in [0, 0.1) is 6.92 Å². The molecule has 0 aliphatic rings. The Morgan fingerprint density at radius 3 is 2.35 bits per heavy atom. The lowest BCUT2D eigenvalue weighted by atomic mass is 10.0. The Morgan fingerprint density at radius 2 is 1.68 bits per heavy atom. The Bertz CT molecular complexity index is 1160. The highest BCUT2D eigenvalue weighted by molar-refractivity contribution is 7.92. The summed E-state index contributed by atoms with van der Waals surface area (Å²) < 4.78 is 33.6. The van der Waals surface area contributed by atoms with E-state index in [-0.39, 0.29) is 17.9 Å². The van der Waals surface area contributed by atoms with Crippen molar-refractivity contribution in [3.8, 4) is 16.9 Å². The summed E-state index contributed by atoms with van der Waals surface area (Å²) >= 11 is 0. The zero-order valence-corrected chi connectivity index (χ0v) is 18.3. The number of carboxylic acids is 1. The van der Waals surface area contributed by atoms with Crippen LogP contribution in [0.3, 0.4) is 0 Å². The van der Waals surface area contributed by atoms with Gasteiger partial charge in [0, 0.05) is 19.0 Å². The van der Waals surface area contributed by atoms with E-state index in [4.69, 9.17) is 9.84 Å². The first-order valence-corrected chi connectivity index (χ1v) is 11.3. The summed E-state index contributed by atoms with van der Waals surface area (Å²) in [5.41, 5.74) is 3.01. The molecule has 0 spiro atoms. The molecular weight excluding hydrogens is 414 g/mol. The van der Waals surface area contributed by atoms with Crippen LogP contribution in [-0.2, 0) is 14.8 Å². The number of hydrogen-bond acceptors (Lipinski definition) is 4. The van der Waals surface area contributed by atoms with Crippen molar-refractivity contribution in [1.29, 1.82) is 0 Å². The number of rotatable bonds is 9. The first-order valence-electron chi connectivity index (χ1n) is 9.89. The van der Waals surface area contributed by atoms with Crippen molar-refractivity contribution >= 4 is 21.7 Å². The number of carboxylic acid groups (broad SMARTS) is 1. The van der Waals surface area contributed by atoms with Gasteiger partial charge in [0.2, 0.25) is 0 Å². The van der Waals surface area contributed by atoms with Gasteiger partial charge in [-0.25, -0.2) is 8.42 Å². The fourth-order valence-electron chi connectivity index (χ4n) is 3.25. The second-order valence-corrected chi connectivity index (χ2v) is 9.10. The van der Waals surface area contributed by atoms with Gasteiger partial charge < -0.3 is 9.84 Å². The van der Waals surface area contributed by atoms with Crippen molar-refractivity contribution in [2.24, 2.45) is 0 Å². The highest BCUT2D eigenvalue weighted by Crippen LogP contribution is 2.33. The Kier molecular flexibility index (Phi) is 6.97. The zero-order chi connectivity index (χ0) is 22.4. The lowest BCUT2D eigenvalue weighted by molar-refractivity contribution is -0.137. The molecular formula is C24H25NO5S. The lowest BCUT2D eigenvalue weighted by Crippen LogP contribution is -2.27. The molecule has 3 aromatic carbocycles. The molecule has 3 rings (SSSR count). The van der Waals surface area contributed by atoms with Gasteiger partial charge in [-0.2, -0.15) is 0 Å². The van der Waals surface area contributed by atoms with Crippen LogP contribution in [0.2, 0.25) is 0 Å². The van der Waals surface area contributed by atoms with Crippen LogP contribution in [0.4, 0.5) is 5.69 Å². The second kappa shape index (κ2) is 9.66. The average molecular weight is 440 g/mol. The molecule has 0 aliphatic carbocycles. The number of anilines is 1. The molecule has 1 N–H and O–H groups in total. The zero-order valence-electron chi connectivity index (χ0n) is 17.5. The third-order valence-electron chi connectivity index (χ3n) is 4.93. The van der Waals surface area contributed by atoms with E-state index < -0.39 is 16.0 Å². The molecule has 0 saturated carbocycles. The molecule has 0 radical (unpaired) electrons. The summed E-state index contributed by atoms with van der Waals surface area (Å²) in [4.78, 5) is 10.8. The highest BCUT2D eigenvalue weighted by atomic mass is 32.2. The predicted octanol–water partition coefficient (Wildman–Crippen LogP) is 4.73. The molecule has 0 aromatic heterocycles.